The van der Waals surface area contributed by atoms with Crippen molar-refractivity contribution in [1.29, 1.82) is 0 Å². The third-order valence-corrected chi connectivity index (χ3v) is 5.78. The Morgan fingerprint density at radius 3 is 2.67 bits per heavy atom. The molecule has 1 aliphatic carbocycles. The Kier molecular flexibility index (Phi) is 4.10. The van der Waals surface area contributed by atoms with Crippen molar-refractivity contribution in [2.75, 3.05) is 6.54 Å². The van der Waals surface area contributed by atoms with E-state index >= 15 is 0 Å². The summed E-state index contributed by atoms with van der Waals surface area (Å²) in [6.07, 6.45) is 2.27. The summed E-state index contributed by atoms with van der Waals surface area (Å²) in [6, 6.07) is 12.7. The van der Waals surface area contributed by atoms with Crippen LogP contribution in [0.1, 0.15) is 45.5 Å². The lowest BCUT2D eigenvalue weighted by atomic mass is 9.76. The Labute approximate surface area is 158 Å². The second-order valence-electron chi connectivity index (χ2n) is 7.46. The predicted molar refractivity (Wildman–Crippen MR) is 102 cm³/mol. The zero-order valence-corrected chi connectivity index (χ0v) is 15.5. The first-order valence-electron chi connectivity index (χ1n) is 9.25. The molecule has 0 saturated carbocycles. The summed E-state index contributed by atoms with van der Waals surface area (Å²) < 4.78 is 0. The molecule has 2 aromatic carbocycles. The third kappa shape index (κ3) is 2.74. The van der Waals surface area contributed by atoms with Gasteiger partial charge in [-0.3, -0.25) is 14.5 Å². The Hall–Kier alpha value is -2.95. The largest absolute Gasteiger partial charge is 0.325 e. The zero-order valence-electron chi connectivity index (χ0n) is 15.5. The van der Waals surface area contributed by atoms with Gasteiger partial charge in [-0.2, -0.15) is 0 Å². The molecular weight excluding hydrogens is 340 g/mol. The number of imide groups is 1. The number of amides is 3. The van der Waals surface area contributed by atoms with E-state index in [1.54, 1.807) is 6.07 Å². The Bertz CT molecular complexity index is 966. The molecule has 5 heteroatoms. The van der Waals surface area contributed by atoms with Gasteiger partial charge in [-0.15, -0.1) is 0 Å². The monoisotopic (exact) mass is 362 g/mol. The Morgan fingerprint density at radius 1 is 1.11 bits per heavy atom. The van der Waals surface area contributed by atoms with Gasteiger partial charge in [-0.25, -0.2) is 4.79 Å². The number of urea groups is 1. The van der Waals surface area contributed by atoms with Gasteiger partial charge >= 0.3 is 6.03 Å². The van der Waals surface area contributed by atoms with Gasteiger partial charge in [0.1, 0.15) is 5.54 Å². The van der Waals surface area contributed by atoms with Gasteiger partial charge in [0.25, 0.3) is 5.91 Å². The van der Waals surface area contributed by atoms with Crippen LogP contribution in [-0.2, 0) is 16.8 Å². The van der Waals surface area contributed by atoms with Gasteiger partial charge in [0.15, 0.2) is 5.78 Å². The molecule has 1 heterocycles. The normalized spacial score (nSPS) is 21.3. The topological polar surface area (TPSA) is 66.5 Å². The highest BCUT2D eigenvalue weighted by atomic mass is 16.2. The quantitative estimate of drug-likeness (QED) is 0.673. The highest BCUT2D eigenvalue weighted by Crippen LogP contribution is 2.39. The number of nitrogens with zero attached hydrogens (tertiary/aromatic N) is 1. The average Bonchev–Trinajstić information content (AvgIpc) is 2.89. The number of aryl methyl sites for hydroxylation is 3. The van der Waals surface area contributed by atoms with E-state index in [0.29, 0.717) is 12.0 Å². The highest BCUT2D eigenvalue weighted by Gasteiger charge is 2.54. The SMILES string of the molecule is Cc1ccc(C(=O)CN2C(=O)N[C@]3(CCCc4ccccc43)C2=O)cc1C. The molecule has 138 valence electrons. The first-order valence-corrected chi connectivity index (χ1v) is 9.25. The maximum absolute atomic E-state index is 13.2. The number of rotatable bonds is 3. The smallest absolute Gasteiger partial charge is 0.319 e. The molecule has 1 spiro atoms. The maximum atomic E-state index is 13.2. The molecule has 1 saturated heterocycles. The summed E-state index contributed by atoms with van der Waals surface area (Å²) in [5, 5.41) is 2.89. The number of carbonyl (C=O) groups is 3. The van der Waals surface area contributed by atoms with Crippen molar-refractivity contribution in [3.63, 3.8) is 0 Å². The summed E-state index contributed by atoms with van der Waals surface area (Å²) in [6.45, 7) is 3.68. The second-order valence-corrected chi connectivity index (χ2v) is 7.46. The molecule has 5 nitrogen and oxygen atoms in total. The molecule has 0 aromatic heterocycles. The van der Waals surface area contributed by atoms with Gasteiger partial charge in [-0.05, 0) is 61.4 Å². The van der Waals surface area contributed by atoms with Crippen LogP contribution in [-0.4, -0.2) is 29.2 Å². The molecule has 3 amide bonds. The summed E-state index contributed by atoms with van der Waals surface area (Å²) in [7, 11) is 0. The van der Waals surface area contributed by atoms with E-state index in [9.17, 15) is 14.4 Å². The van der Waals surface area contributed by atoms with Crippen LogP contribution in [0.2, 0.25) is 0 Å². The molecule has 4 rings (SSSR count). The molecular formula is C22H22N2O3. The van der Waals surface area contributed by atoms with Crippen LogP contribution in [0.4, 0.5) is 4.79 Å². The fourth-order valence-corrected chi connectivity index (χ4v) is 4.10. The minimum absolute atomic E-state index is 0.234. The standard InChI is InChI=1S/C22H22N2O3/c1-14-9-10-17(12-15(14)2)19(25)13-24-20(26)22(23-21(24)27)11-5-7-16-6-3-4-8-18(16)22/h3-4,6,8-10,12H,5,7,11,13H2,1-2H3,(H,23,27)/t22-/m0/s1. The maximum Gasteiger partial charge on any atom is 0.325 e. The molecule has 1 N–H and O–H groups in total. The summed E-state index contributed by atoms with van der Waals surface area (Å²) >= 11 is 0. The van der Waals surface area contributed by atoms with Crippen molar-refractivity contribution >= 4 is 17.7 Å². The van der Waals surface area contributed by atoms with Crippen LogP contribution in [0.25, 0.3) is 0 Å². The van der Waals surface area contributed by atoms with E-state index in [2.05, 4.69) is 5.32 Å². The fraction of sp³-hybridized carbons (Fsp3) is 0.318. The van der Waals surface area contributed by atoms with Crippen molar-refractivity contribution in [2.24, 2.45) is 0 Å². The van der Waals surface area contributed by atoms with Crippen LogP contribution in [0.15, 0.2) is 42.5 Å². The summed E-state index contributed by atoms with van der Waals surface area (Å²) in [5.41, 5.74) is 3.53. The Morgan fingerprint density at radius 2 is 1.89 bits per heavy atom. The van der Waals surface area contributed by atoms with Crippen molar-refractivity contribution in [1.82, 2.24) is 10.2 Å². The summed E-state index contributed by atoms with van der Waals surface area (Å²) in [4.78, 5) is 39.6. The lowest BCUT2D eigenvalue weighted by molar-refractivity contribution is -0.131. The van der Waals surface area contributed by atoms with E-state index in [1.165, 1.54) is 0 Å². The molecule has 0 bridgehead atoms. The van der Waals surface area contributed by atoms with Gasteiger partial charge in [-0.1, -0.05) is 36.4 Å². The molecule has 1 atom stereocenters. The van der Waals surface area contributed by atoms with Crippen LogP contribution in [0.5, 0.6) is 0 Å². The number of Topliss-reactive ketones (excluding diaryl/α,β-unsaturated/α-hetero) is 1. The fourth-order valence-electron chi connectivity index (χ4n) is 4.10. The Balaban J connectivity index is 1.63. The molecule has 1 fully saturated rings. The lowest BCUT2D eigenvalue weighted by Gasteiger charge is -2.33. The molecule has 2 aliphatic rings. The number of nitrogens with one attached hydrogen (secondary N) is 1. The lowest BCUT2D eigenvalue weighted by Crippen LogP contribution is -2.46. The van der Waals surface area contributed by atoms with E-state index in [0.717, 1.165) is 40.0 Å². The average molecular weight is 362 g/mol. The molecule has 0 unspecified atom stereocenters. The van der Waals surface area contributed by atoms with Crippen LogP contribution in [0, 0.1) is 13.8 Å². The minimum Gasteiger partial charge on any atom is -0.319 e. The van der Waals surface area contributed by atoms with Crippen LogP contribution >= 0.6 is 0 Å². The molecule has 2 aromatic rings. The van der Waals surface area contributed by atoms with Gasteiger partial charge in [0.05, 0.1) is 6.54 Å². The van der Waals surface area contributed by atoms with E-state index < -0.39 is 11.6 Å². The zero-order chi connectivity index (χ0) is 19.2. The summed E-state index contributed by atoms with van der Waals surface area (Å²) in [5.74, 6) is -0.556. The van der Waals surface area contributed by atoms with Gasteiger partial charge in [0.2, 0.25) is 0 Å². The van der Waals surface area contributed by atoms with E-state index in [1.807, 2.05) is 50.2 Å². The van der Waals surface area contributed by atoms with Gasteiger partial charge < -0.3 is 5.32 Å². The predicted octanol–water partition coefficient (Wildman–Crippen LogP) is 3.27. The number of carbonyl (C=O) groups excluding carboxylic acids is 3. The van der Waals surface area contributed by atoms with Gasteiger partial charge in [0, 0.05) is 5.56 Å². The minimum atomic E-state index is -1.03. The number of hydrogen-bond acceptors (Lipinski definition) is 3. The number of benzene rings is 2. The van der Waals surface area contributed by atoms with Crippen molar-refractivity contribution < 1.29 is 14.4 Å². The highest BCUT2D eigenvalue weighted by molar-refractivity contribution is 6.11. The number of fused-ring (bicyclic) bond motifs is 2. The number of ketones is 1. The van der Waals surface area contributed by atoms with Crippen molar-refractivity contribution in [3.05, 3.63) is 70.3 Å². The number of hydrogen-bond donors (Lipinski definition) is 1. The van der Waals surface area contributed by atoms with E-state index in [4.69, 9.17) is 0 Å². The second kappa shape index (κ2) is 6.34. The first-order chi connectivity index (χ1) is 12.9. The van der Waals surface area contributed by atoms with Crippen molar-refractivity contribution in [2.45, 2.75) is 38.6 Å². The third-order valence-electron chi connectivity index (χ3n) is 5.78. The van der Waals surface area contributed by atoms with E-state index in [-0.39, 0.29) is 18.2 Å². The molecule has 1 aliphatic heterocycles. The molecule has 0 radical (unpaired) electrons. The van der Waals surface area contributed by atoms with Crippen LogP contribution < -0.4 is 5.32 Å². The van der Waals surface area contributed by atoms with Crippen LogP contribution in [0.3, 0.4) is 0 Å². The van der Waals surface area contributed by atoms with Crippen molar-refractivity contribution in [3.8, 4) is 0 Å². The molecule has 27 heavy (non-hydrogen) atoms. The first kappa shape index (κ1) is 17.5.